The first-order chi connectivity index (χ1) is 6.74. The number of hydrogen-bond acceptors (Lipinski definition) is 3. The lowest BCUT2D eigenvalue weighted by Gasteiger charge is -2.07. The molecule has 3 N–H and O–H groups in total. The molecule has 0 aliphatic rings. The van der Waals surface area contributed by atoms with E-state index in [4.69, 9.17) is 17.3 Å². The fourth-order valence-electron chi connectivity index (χ4n) is 1.18. The number of unbranched alkanes of at least 4 members (excludes halogenated alkanes) is 2. The maximum atomic E-state index is 5.73. The zero-order chi connectivity index (χ0) is 10.4. The highest BCUT2D eigenvalue weighted by atomic mass is 35.5. The molecule has 0 radical (unpaired) electrons. The van der Waals surface area contributed by atoms with Crippen molar-refractivity contribution >= 4 is 23.1 Å². The van der Waals surface area contributed by atoms with Crippen LogP contribution in [-0.4, -0.2) is 11.5 Å². The normalized spacial score (nSPS) is 10.1. The molecule has 0 saturated carbocycles. The number of nitrogens with two attached hydrogens (primary N) is 1. The summed E-state index contributed by atoms with van der Waals surface area (Å²) in [6.45, 7) is 3.08. The Morgan fingerprint density at radius 2 is 2.29 bits per heavy atom. The van der Waals surface area contributed by atoms with Gasteiger partial charge in [0.2, 0.25) is 0 Å². The first kappa shape index (κ1) is 11.1. The van der Waals surface area contributed by atoms with Crippen LogP contribution in [0.15, 0.2) is 12.3 Å². The number of rotatable bonds is 5. The summed E-state index contributed by atoms with van der Waals surface area (Å²) in [4.78, 5) is 4.11. The third kappa shape index (κ3) is 3.42. The van der Waals surface area contributed by atoms with E-state index < -0.39 is 0 Å². The monoisotopic (exact) mass is 213 g/mol. The van der Waals surface area contributed by atoms with Gasteiger partial charge in [0.25, 0.3) is 0 Å². The van der Waals surface area contributed by atoms with Gasteiger partial charge in [-0.1, -0.05) is 31.4 Å². The molecule has 3 nitrogen and oxygen atoms in total. The summed E-state index contributed by atoms with van der Waals surface area (Å²) in [6.07, 6.45) is 5.17. The molecule has 4 heteroatoms. The zero-order valence-electron chi connectivity index (χ0n) is 8.39. The maximum absolute atomic E-state index is 5.73. The Morgan fingerprint density at radius 1 is 1.50 bits per heavy atom. The molecule has 0 aromatic carbocycles. The molecule has 1 heterocycles. The van der Waals surface area contributed by atoms with E-state index in [1.807, 2.05) is 0 Å². The van der Waals surface area contributed by atoms with Crippen molar-refractivity contribution in [3.8, 4) is 0 Å². The van der Waals surface area contributed by atoms with Crippen molar-refractivity contribution in [1.29, 1.82) is 0 Å². The van der Waals surface area contributed by atoms with Gasteiger partial charge < -0.3 is 11.1 Å². The summed E-state index contributed by atoms with van der Waals surface area (Å²) >= 11 is 5.73. The standard InChI is InChI=1S/C10H16ClN3/c1-2-3-4-5-13-10-9(12)6-8(11)7-14-10/h6-7H,2-5,12H2,1H3,(H,13,14). The minimum absolute atomic E-state index is 0.571. The Morgan fingerprint density at radius 3 is 2.93 bits per heavy atom. The molecular weight excluding hydrogens is 198 g/mol. The molecule has 0 aliphatic carbocycles. The second-order valence-electron chi connectivity index (χ2n) is 3.23. The van der Waals surface area contributed by atoms with Gasteiger partial charge in [-0.2, -0.15) is 0 Å². The van der Waals surface area contributed by atoms with Crippen molar-refractivity contribution in [2.75, 3.05) is 17.6 Å². The van der Waals surface area contributed by atoms with Crippen molar-refractivity contribution in [2.45, 2.75) is 26.2 Å². The van der Waals surface area contributed by atoms with Crippen LogP contribution in [-0.2, 0) is 0 Å². The highest BCUT2D eigenvalue weighted by molar-refractivity contribution is 6.30. The Kier molecular flexibility index (Phi) is 4.53. The van der Waals surface area contributed by atoms with E-state index in [2.05, 4.69) is 17.2 Å². The molecule has 0 aliphatic heterocycles. The fourth-order valence-corrected chi connectivity index (χ4v) is 1.35. The summed E-state index contributed by atoms with van der Waals surface area (Å²) in [7, 11) is 0. The molecule has 0 fully saturated rings. The number of pyridine rings is 1. The number of aromatic nitrogens is 1. The van der Waals surface area contributed by atoms with Crippen LogP contribution in [0.2, 0.25) is 5.02 Å². The Labute approximate surface area is 89.7 Å². The molecule has 1 aromatic heterocycles. The molecule has 0 bridgehead atoms. The first-order valence-corrected chi connectivity index (χ1v) is 5.26. The van der Waals surface area contributed by atoms with Crippen LogP contribution in [0.1, 0.15) is 26.2 Å². The third-order valence-corrected chi connectivity index (χ3v) is 2.16. The van der Waals surface area contributed by atoms with Crippen LogP contribution in [0.25, 0.3) is 0 Å². The van der Waals surface area contributed by atoms with Crippen LogP contribution < -0.4 is 11.1 Å². The van der Waals surface area contributed by atoms with E-state index in [-0.39, 0.29) is 0 Å². The third-order valence-electron chi connectivity index (χ3n) is 1.96. The van der Waals surface area contributed by atoms with Crippen LogP contribution >= 0.6 is 11.6 Å². The SMILES string of the molecule is CCCCCNc1ncc(Cl)cc1N. The van der Waals surface area contributed by atoms with Gasteiger partial charge in [-0.3, -0.25) is 0 Å². The minimum atomic E-state index is 0.571. The van der Waals surface area contributed by atoms with E-state index in [0.717, 1.165) is 18.8 Å². The van der Waals surface area contributed by atoms with E-state index in [1.54, 1.807) is 12.3 Å². The van der Waals surface area contributed by atoms with Crippen LogP contribution in [0, 0.1) is 0 Å². The van der Waals surface area contributed by atoms with Crippen molar-refractivity contribution in [3.63, 3.8) is 0 Å². The van der Waals surface area contributed by atoms with Gasteiger partial charge in [-0.25, -0.2) is 4.98 Å². The Hall–Kier alpha value is -0.960. The summed E-state index contributed by atoms with van der Waals surface area (Å²) in [5.41, 5.74) is 6.33. The van der Waals surface area contributed by atoms with Gasteiger partial charge in [0.1, 0.15) is 5.82 Å². The van der Waals surface area contributed by atoms with E-state index in [0.29, 0.717) is 10.7 Å². The number of nitrogens with one attached hydrogen (secondary N) is 1. The molecule has 0 saturated heterocycles. The van der Waals surface area contributed by atoms with Crippen molar-refractivity contribution < 1.29 is 0 Å². The molecule has 14 heavy (non-hydrogen) atoms. The summed E-state index contributed by atoms with van der Waals surface area (Å²) in [6, 6.07) is 1.71. The number of nitrogen functional groups attached to an aromatic ring is 1. The molecule has 1 rings (SSSR count). The van der Waals surface area contributed by atoms with Gasteiger partial charge in [-0.05, 0) is 12.5 Å². The minimum Gasteiger partial charge on any atom is -0.396 e. The van der Waals surface area contributed by atoms with E-state index >= 15 is 0 Å². The van der Waals surface area contributed by atoms with Crippen LogP contribution in [0.3, 0.4) is 0 Å². The highest BCUT2D eigenvalue weighted by Gasteiger charge is 1.99. The lowest BCUT2D eigenvalue weighted by Crippen LogP contribution is -2.05. The summed E-state index contributed by atoms with van der Waals surface area (Å²) in [5, 5.41) is 3.75. The average Bonchev–Trinajstić information content (AvgIpc) is 2.15. The van der Waals surface area contributed by atoms with E-state index in [9.17, 15) is 0 Å². The molecule has 1 aromatic rings. The van der Waals surface area contributed by atoms with E-state index in [1.165, 1.54) is 12.8 Å². The van der Waals surface area contributed by atoms with Crippen LogP contribution in [0.4, 0.5) is 11.5 Å². The quantitative estimate of drug-likeness (QED) is 0.740. The molecule has 0 unspecified atom stereocenters. The Bertz CT molecular complexity index is 289. The highest BCUT2D eigenvalue weighted by Crippen LogP contribution is 2.19. The maximum Gasteiger partial charge on any atom is 0.149 e. The smallest absolute Gasteiger partial charge is 0.149 e. The topological polar surface area (TPSA) is 50.9 Å². The van der Waals surface area contributed by atoms with Gasteiger partial charge in [0.15, 0.2) is 0 Å². The largest absolute Gasteiger partial charge is 0.396 e. The summed E-state index contributed by atoms with van der Waals surface area (Å²) in [5.74, 6) is 0.727. The number of nitrogens with zero attached hydrogens (tertiary/aromatic N) is 1. The number of halogens is 1. The molecule has 0 spiro atoms. The predicted octanol–water partition coefficient (Wildman–Crippen LogP) is 2.92. The number of hydrogen-bond donors (Lipinski definition) is 2. The van der Waals surface area contributed by atoms with Crippen molar-refractivity contribution in [2.24, 2.45) is 0 Å². The molecule has 0 atom stereocenters. The zero-order valence-corrected chi connectivity index (χ0v) is 9.14. The van der Waals surface area contributed by atoms with Crippen LogP contribution in [0.5, 0.6) is 0 Å². The van der Waals surface area contributed by atoms with Crippen molar-refractivity contribution in [3.05, 3.63) is 17.3 Å². The van der Waals surface area contributed by atoms with Gasteiger partial charge in [-0.15, -0.1) is 0 Å². The van der Waals surface area contributed by atoms with Crippen molar-refractivity contribution in [1.82, 2.24) is 4.98 Å². The fraction of sp³-hybridized carbons (Fsp3) is 0.500. The lowest BCUT2D eigenvalue weighted by molar-refractivity contribution is 0.742. The molecule has 78 valence electrons. The number of anilines is 2. The first-order valence-electron chi connectivity index (χ1n) is 4.89. The Balaban J connectivity index is 2.42. The molecule has 0 amide bonds. The lowest BCUT2D eigenvalue weighted by atomic mass is 10.2. The van der Waals surface area contributed by atoms with Gasteiger partial charge in [0.05, 0.1) is 10.7 Å². The average molecular weight is 214 g/mol. The second kappa shape index (κ2) is 5.70. The van der Waals surface area contributed by atoms with Gasteiger partial charge in [0, 0.05) is 12.7 Å². The second-order valence-corrected chi connectivity index (χ2v) is 3.66. The predicted molar refractivity (Wildman–Crippen MR) is 61.7 cm³/mol. The summed E-state index contributed by atoms with van der Waals surface area (Å²) < 4.78 is 0. The molecular formula is C10H16ClN3. The van der Waals surface area contributed by atoms with Gasteiger partial charge >= 0.3 is 0 Å².